The van der Waals surface area contributed by atoms with Crippen molar-refractivity contribution in [2.45, 2.75) is 18.4 Å². The third-order valence-electron chi connectivity index (χ3n) is 3.17. The summed E-state index contributed by atoms with van der Waals surface area (Å²) in [5.74, 6) is -0.351. The third-order valence-corrected chi connectivity index (χ3v) is 4.55. The van der Waals surface area contributed by atoms with Gasteiger partial charge in [0.2, 0.25) is 10.0 Å². The molecule has 0 saturated heterocycles. The first-order valence-electron chi connectivity index (χ1n) is 6.22. The summed E-state index contributed by atoms with van der Waals surface area (Å²) in [4.78, 5) is 12.2. The lowest BCUT2D eigenvalue weighted by atomic mass is 10.2. The number of carbonyl (C=O) groups is 1. The molecule has 21 heavy (non-hydrogen) atoms. The molecular weight excluding hydrogens is 294 g/mol. The summed E-state index contributed by atoms with van der Waals surface area (Å²) in [7, 11) is -0.623. The maximum absolute atomic E-state index is 12.1. The number of nitrogens with zero attached hydrogens (tertiary/aromatic N) is 2. The molecule has 2 heterocycles. The Balaban J connectivity index is 2.15. The molecule has 1 amide bonds. The molecular formula is C12H17N5O3S. The van der Waals surface area contributed by atoms with Gasteiger partial charge >= 0.3 is 0 Å². The number of aromatic amines is 1. The van der Waals surface area contributed by atoms with Gasteiger partial charge in [0.15, 0.2) is 0 Å². The summed E-state index contributed by atoms with van der Waals surface area (Å²) < 4.78 is 27.1. The number of hydrogen-bond acceptors (Lipinski definition) is 4. The number of amides is 1. The van der Waals surface area contributed by atoms with E-state index in [1.165, 1.54) is 23.9 Å². The SMILES string of the molecule is CNS(=O)(=O)c1cc(C(=O)NCc2cn[nH]c2C)n(C)c1. The predicted molar refractivity (Wildman–Crippen MR) is 76.2 cm³/mol. The van der Waals surface area contributed by atoms with Crippen molar-refractivity contribution in [3.05, 3.63) is 35.4 Å². The monoisotopic (exact) mass is 311 g/mol. The van der Waals surface area contributed by atoms with Crippen molar-refractivity contribution in [3.8, 4) is 0 Å². The fourth-order valence-corrected chi connectivity index (χ4v) is 2.64. The molecule has 0 aliphatic rings. The van der Waals surface area contributed by atoms with E-state index in [1.807, 2.05) is 6.92 Å². The molecule has 2 rings (SSSR count). The number of H-pyrrole nitrogens is 1. The molecule has 0 radical (unpaired) electrons. The topological polar surface area (TPSA) is 109 Å². The maximum Gasteiger partial charge on any atom is 0.268 e. The molecule has 0 saturated carbocycles. The zero-order chi connectivity index (χ0) is 15.6. The van der Waals surface area contributed by atoms with Crippen molar-refractivity contribution in [2.75, 3.05) is 7.05 Å². The average Bonchev–Trinajstić information content (AvgIpc) is 3.02. The number of aromatic nitrogens is 3. The second-order valence-corrected chi connectivity index (χ2v) is 6.47. The van der Waals surface area contributed by atoms with Gasteiger partial charge < -0.3 is 9.88 Å². The Morgan fingerprint density at radius 3 is 2.76 bits per heavy atom. The first-order valence-corrected chi connectivity index (χ1v) is 7.70. The van der Waals surface area contributed by atoms with Gasteiger partial charge in [0, 0.05) is 31.0 Å². The fourth-order valence-electron chi connectivity index (χ4n) is 1.84. The average molecular weight is 311 g/mol. The van der Waals surface area contributed by atoms with Gasteiger partial charge in [0.05, 0.1) is 6.20 Å². The molecule has 2 aromatic heterocycles. The highest BCUT2D eigenvalue weighted by molar-refractivity contribution is 7.89. The van der Waals surface area contributed by atoms with E-state index in [2.05, 4.69) is 20.2 Å². The fraction of sp³-hybridized carbons (Fsp3) is 0.333. The van der Waals surface area contributed by atoms with Gasteiger partial charge in [0.1, 0.15) is 10.6 Å². The Morgan fingerprint density at radius 1 is 1.48 bits per heavy atom. The van der Waals surface area contributed by atoms with Gasteiger partial charge in [-0.2, -0.15) is 5.10 Å². The van der Waals surface area contributed by atoms with Crippen LogP contribution in [-0.4, -0.2) is 36.1 Å². The van der Waals surface area contributed by atoms with Crippen molar-refractivity contribution in [2.24, 2.45) is 7.05 Å². The molecule has 0 fully saturated rings. The molecule has 0 aromatic carbocycles. The number of nitrogens with one attached hydrogen (secondary N) is 3. The van der Waals surface area contributed by atoms with Crippen LogP contribution in [-0.2, 0) is 23.6 Å². The number of carbonyl (C=O) groups excluding carboxylic acids is 1. The lowest BCUT2D eigenvalue weighted by Gasteiger charge is -2.05. The standard InChI is InChI=1S/C12H17N5O3S/c1-8-9(6-15-16-8)5-14-12(18)11-4-10(7-17(11)3)21(19,20)13-2/h4,6-7,13H,5H2,1-3H3,(H,14,18)(H,15,16). The van der Waals surface area contributed by atoms with Crippen LogP contribution in [0.1, 0.15) is 21.7 Å². The van der Waals surface area contributed by atoms with Gasteiger partial charge in [-0.15, -0.1) is 0 Å². The van der Waals surface area contributed by atoms with Crippen LogP contribution in [0.3, 0.4) is 0 Å². The molecule has 9 heteroatoms. The van der Waals surface area contributed by atoms with Crippen molar-refractivity contribution in [3.63, 3.8) is 0 Å². The van der Waals surface area contributed by atoms with Crippen molar-refractivity contribution in [1.29, 1.82) is 0 Å². The van der Waals surface area contributed by atoms with E-state index in [4.69, 9.17) is 0 Å². The van der Waals surface area contributed by atoms with E-state index in [0.29, 0.717) is 6.54 Å². The normalized spacial score (nSPS) is 11.6. The molecule has 2 aromatic rings. The summed E-state index contributed by atoms with van der Waals surface area (Å²) >= 11 is 0. The van der Waals surface area contributed by atoms with Gasteiger partial charge in [0.25, 0.3) is 5.91 Å². The van der Waals surface area contributed by atoms with Gasteiger partial charge in [-0.1, -0.05) is 0 Å². The number of rotatable bonds is 5. The Hall–Kier alpha value is -2.13. The second kappa shape index (κ2) is 5.70. The van der Waals surface area contributed by atoms with E-state index in [0.717, 1.165) is 11.3 Å². The Labute approximate surface area is 122 Å². The van der Waals surface area contributed by atoms with Crippen molar-refractivity contribution >= 4 is 15.9 Å². The molecule has 0 atom stereocenters. The van der Waals surface area contributed by atoms with Crippen molar-refractivity contribution < 1.29 is 13.2 Å². The molecule has 8 nitrogen and oxygen atoms in total. The van der Waals surface area contributed by atoms with Crippen molar-refractivity contribution in [1.82, 2.24) is 24.8 Å². The van der Waals surface area contributed by atoms with Gasteiger partial charge in [-0.25, -0.2) is 13.1 Å². The highest BCUT2D eigenvalue weighted by Crippen LogP contribution is 2.13. The smallest absolute Gasteiger partial charge is 0.268 e. The maximum atomic E-state index is 12.1. The molecule has 0 unspecified atom stereocenters. The molecule has 114 valence electrons. The lowest BCUT2D eigenvalue weighted by Crippen LogP contribution is -2.24. The highest BCUT2D eigenvalue weighted by atomic mass is 32.2. The largest absolute Gasteiger partial charge is 0.347 e. The predicted octanol–water partition coefficient (Wildman–Crippen LogP) is -0.105. The van der Waals surface area contributed by atoms with Crippen LogP contribution in [0.5, 0.6) is 0 Å². The minimum absolute atomic E-state index is 0.0529. The third kappa shape index (κ3) is 3.14. The van der Waals surface area contributed by atoms with E-state index < -0.39 is 10.0 Å². The van der Waals surface area contributed by atoms with Gasteiger partial charge in [-0.05, 0) is 20.0 Å². The first-order chi connectivity index (χ1) is 9.85. The van der Waals surface area contributed by atoms with Crippen LogP contribution in [0.25, 0.3) is 0 Å². The molecule has 0 spiro atoms. The minimum Gasteiger partial charge on any atom is -0.347 e. The van der Waals surface area contributed by atoms with Gasteiger partial charge in [-0.3, -0.25) is 9.89 Å². The van der Waals surface area contributed by atoms with Crippen LogP contribution in [0, 0.1) is 6.92 Å². The molecule has 0 aliphatic heterocycles. The van der Waals surface area contributed by atoms with Crippen LogP contribution >= 0.6 is 0 Å². The molecule has 0 aliphatic carbocycles. The first kappa shape index (κ1) is 15.3. The second-order valence-electron chi connectivity index (χ2n) is 4.58. The summed E-state index contributed by atoms with van der Waals surface area (Å²) in [6.07, 6.45) is 3.03. The number of hydrogen-bond donors (Lipinski definition) is 3. The molecule has 0 bridgehead atoms. The zero-order valence-electron chi connectivity index (χ0n) is 12.0. The summed E-state index contributed by atoms with van der Waals surface area (Å²) in [5, 5.41) is 9.38. The summed E-state index contributed by atoms with van der Waals surface area (Å²) in [6, 6.07) is 1.34. The zero-order valence-corrected chi connectivity index (χ0v) is 12.8. The van der Waals surface area contributed by atoms with E-state index in [1.54, 1.807) is 13.2 Å². The minimum atomic E-state index is -3.56. The Morgan fingerprint density at radius 2 is 2.19 bits per heavy atom. The highest BCUT2D eigenvalue weighted by Gasteiger charge is 2.19. The van der Waals surface area contributed by atoms with E-state index in [9.17, 15) is 13.2 Å². The van der Waals surface area contributed by atoms with Crippen LogP contribution in [0.4, 0.5) is 0 Å². The summed E-state index contributed by atoms with van der Waals surface area (Å²) in [5.41, 5.74) is 2.02. The lowest BCUT2D eigenvalue weighted by molar-refractivity contribution is 0.0942. The van der Waals surface area contributed by atoms with Crippen LogP contribution in [0.2, 0.25) is 0 Å². The Kier molecular flexibility index (Phi) is 4.14. The Bertz CT molecular complexity index is 760. The van der Waals surface area contributed by atoms with E-state index in [-0.39, 0.29) is 16.5 Å². The quantitative estimate of drug-likeness (QED) is 0.716. The summed E-state index contributed by atoms with van der Waals surface area (Å²) in [6.45, 7) is 2.18. The molecule has 3 N–H and O–H groups in total. The number of aryl methyl sites for hydroxylation is 2. The van der Waals surface area contributed by atoms with Crippen LogP contribution < -0.4 is 10.0 Å². The van der Waals surface area contributed by atoms with E-state index >= 15 is 0 Å². The van der Waals surface area contributed by atoms with Crippen LogP contribution in [0.15, 0.2) is 23.4 Å². The number of sulfonamides is 1.